The molecule has 2 N–H and O–H groups in total. The summed E-state index contributed by atoms with van der Waals surface area (Å²) in [6.07, 6.45) is 0. The number of nitrogens with two attached hydrogens (primary N) is 1. The highest BCUT2D eigenvalue weighted by Gasteiger charge is 2.11. The van der Waals surface area contributed by atoms with Crippen molar-refractivity contribution in [1.82, 2.24) is 15.0 Å². The molecule has 104 valence electrons. The van der Waals surface area contributed by atoms with Crippen molar-refractivity contribution >= 4 is 5.95 Å². The maximum absolute atomic E-state index is 13.3. The van der Waals surface area contributed by atoms with Gasteiger partial charge in [-0.2, -0.15) is 9.97 Å². The van der Waals surface area contributed by atoms with Crippen molar-refractivity contribution in [3.05, 3.63) is 60.2 Å². The predicted octanol–water partition coefficient (Wildman–Crippen LogP) is 3.07. The fraction of sp³-hybridized carbons (Fsp3) is 0. The molecule has 0 unspecified atom stereocenters. The first-order valence-electron chi connectivity index (χ1n) is 6.16. The molecule has 0 saturated heterocycles. The van der Waals surface area contributed by atoms with E-state index in [0.29, 0.717) is 11.4 Å². The molecular weight excluding hydrogens is 274 g/mol. The monoisotopic (exact) mass is 284 g/mol. The molecule has 3 rings (SSSR count). The van der Waals surface area contributed by atoms with Crippen LogP contribution < -0.4 is 5.73 Å². The highest BCUT2D eigenvalue weighted by molar-refractivity contribution is 5.62. The van der Waals surface area contributed by atoms with E-state index in [1.54, 1.807) is 0 Å². The topological polar surface area (TPSA) is 64.7 Å². The predicted molar refractivity (Wildman–Crippen MR) is 75.0 cm³/mol. The first-order valence-corrected chi connectivity index (χ1v) is 6.16. The molecule has 4 nitrogen and oxygen atoms in total. The van der Waals surface area contributed by atoms with E-state index >= 15 is 0 Å². The molecule has 2 aromatic carbocycles. The zero-order valence-electron chi connectivity index (χ0n) is 10.8. The van der Waals surface area contributed by atoms with Crippen LogP contribution in [0.4, 0.5) is 14.7 Å². The van der Waals surface area contributed by atoms with Crippen LogP contribution in [0.3, 0.4) is 0 Å². The lowest BCUT2D eigenvalue weighted by atomic mass is 10.2. The molecule has 1 aromatic heterocycles. The van der Waals surface area contributed by atoms with Gasteiger partial charge in [-0.1, -0.05) is 30.3 Å². The van der Waals surface area contributed by atoms with Gasteiger partial charge in [-0.05, 0) is 18.2 Å². The van der Waals surface area contributed by atoms with Crippen LogP contribution in [0.5, 0.6) is 0 Å². The summed E-state index contributed by atoms with van der Waals surface area (Å²) in [6, 6.07) is 12.6. The molecule has 6 heteroatoms. The van der Waals surface area contributed by atoms with E-state index in [9.17, 15) is 8.78 Å². The smallest absolute Gasteiger partial charge is 0.224 e. The molecule has 0 saturated carbocycles. The summed E-state index contributed by atoms with van der Waals surface area (Å²) in [6.45, 7) is 0. The van der Waals surface area contributed by atoms with Crippen molar-refractivity contribution in [3.8, 4) is 22.8 Å². The Kier molecular flexibility index (Phi) is 3.27. The molecule has 0 spiro atoms. The number of benzene rings is 2. The molecule has 0 atom stereocenters. The minimum atomic E-state index is -0.965. The largest absolute Gasteiger partial charge is 0.368 e. The van der Waals surface area contributed by atoms with E-state index in [0.717, 1.165) is 17.7 Å². The van der Waals surface area contributed by atoms with Crippen LogP contribution in [0.1, 0.15) is 0 Å². The minimum Gasteiger partial charge on any atom is -0.368 e. The van der Waals surface area contributed by atoms with Crippen LogP contribution in [-0.2, 0) is 0 Å². The number of halogens is 2. The van der Waals surface area contributed by atoms with Crippen LogP contribution in [-0.4, -0.2) is 15.0 Å². The Labute approximate surface area is 119 Å². The van der Waals surface area contributed by atoms with Gasteiger partial charge in [-0.25, -0.2) is 13.8 Å². The van der Waals surface area contributed by atoms with Crippen LogP contribution in [0.15, 0.2) is 48.5 Å². The molecule has 0 aliphatic heterocycles. The van der Waals surface area contributed by atoms with Crippen LogP contribution in [0, 0.1) is 11.6 Å². The third kappa shape index (κ3) is 2.69. The van der Waals surface area contributed by atoms with E-state index in [4.69, 9.17) is 5.73 Å². The zero-order valence-corrected chi connectivity index (χ0v) is 10.8. The molecule has 0 fully saturated rings. The van der Waals surface area contributed by atoms with Gasteiger partial charge in [0.1, 0.15) is 0 Å². The first kappa shape index (κ1) is 13.1. The average Bonchev–Trinajstić information content (AvgIpc) is 2.50. The van der Waals surface area contributed by atoms with E-state index < -0.39 is 11.6 Å². The molecule has 0 bridgehead atoms. The number of rotatable bonds is 2. The van der Waals surface area contributed by atoms with Crippen LogP contribution >= 0.6 is 0 Å². The van der Waals surface area contributed by atoms with Gasteiger partial charge >= 0.3 is 0 Å². The number of anilines is 1. The minimum absolute atomic E-state index is 0.0172. The lowest BCUT2D eigenvalue weighted by Crippen LogP contribution is -2.02. The van der Waals surface area contributed by atoms with E-state index in [1.807, 2.05) is 30.3 Å². The van der Waals surface area contributed by atoms with Crippen molar-refractivity contribution in [2.24, 2.45) is 0 Å². The standard InChI is InChI=1S/C15H10F2N4/c16-11-7-6-10(8-12(11)17)14-19-13(20-15(18)21-14)9-4-2-1-3-5-9/h1-8H,(H2,18,19,20,21). The van der Waals surface area contributed by atoms with Gasteiger partial charge in [-0.3, -0.25) is 0 Å². The second-order valence-electron chi connectivity index (χ2n) is 4.34. The Morgan fingerprint density at radius 3 is 2.05 bits per heavy atom. The third-order valence-corrected chi connectivity index (χ3v) is 2.86. The lowest BCUT2D eigenvalue weighted by molar-refractivity contribution is 0.509. The Morgan fingerprint density at radius 1 is 0.714 bits per heavy atom. The molecule has 3 aromatic rings. The fourth-order valence-corrected chi connectivity index (χ4v) is 1.87. The van der Waals surface area contributed by atoms with Crippen molar-refractivity contribution in [1.29, 1.82) is 0 Å². The first-order chi connectivity index (χ1) is 10.1. The summed E-state index contributed by atoms with van der Waals surface area (Å²) in [5.74, 6) is -1.30. The van der Waals surface area contributed by atoms with Gasteiger partial charge in [0.05, 0.1) is 0 Å². The highest BCUT2D eigenvalue weighted by atomic mass is 19.2. The van der Waals surface area contributed by atoms with E-state index in [-0.39, 0.29) is 11.8 Å². The normalized spacial score (nSPS) is 10.6. The summed E-state index contributed by atoms with van der Waals surface area (Å²) in [7, 11) is 0. The maximum atomic E-state index is 13.3. The van der Waals surface area contributed by atoms with Gasteiger partial charge in [0.25, 0.3) is 0 Å². The molecule has 1 heterocycles. The van der Waals surface area contributed by atoms with Crippen molar-refractivity contribution < 1.29 is 8.78 Å². The van der Waals surface area contributed by atoms with Gasteiger partial charge in [0, 0.05) is 11.1 Å². The van der Waals surface area contributed by atoms with Crippen molar-refractivity contribution in [3.63, 3.8) is 0 Å². The Morgan fingerprint density at radius 2 is 1.38 bits per heavy atom. The van der Waals surface area contributed by atoms with Gasteiger partial charge in [0.15, 0.2) is 23.3 Å². The van der Waals surface area contributed by atoms with Crippen LogP contribution in [0.25, 0.3) is 22.8 Å². The Balaban J connectivity index is 2.11. The quantitative estimate of drug-likeness (QED) is 0.785. The average molecular weight is 284 g/mol. The summed E-state index contributed by atoms with van der Waals surface area (Å²) >= 11 is 0. The van der Waals surface area contributed by atoms with Crippen LogP contribution in [0.2, 0.25) is 0 Å². The second kappa shape index (κ2) is 5.24. The fourth-order valence-electron chi connectivity index (χ4n) is 1.87. The molecule has 0 aliphatic rings. The SMILES string of the molecule is Nc1nc(-c2ccccc2)nc(-c2ccc(F)c(F)c2)n1. The molecule has 0 radical (unpaired) electrons. The molecule has 0 aliphatic carbocycles. The number of aromatic nitrogens is 3. The Hall–Kier alpha value is -2.89. The molecular formula is C15H10F2N4. The number of nitrogens with zero attached hydrogens (tertiary/aromatic N) is 3. The van der Waals surface area contributed by atoms with Gasteiger partial charge < -0.3 is 5.73 Å². The second-order valence-corrected chi connectivity index (χ2v) is 4.34. The van der Waals surface area contributed by atoms with E-state index in [2.05, 4.69) is 15.0 Å². The summed E-state index contributed by atoms with van der Waals surface area (Å²) in [5.41, 5.74) is 6.77. The molecule has 21 heavy (non-hydrogen) atoms. The summed E-state index contributed by atoms with van der Waals surface area (Å²) in [5, 5.41) is 0. The number of hydrogen-bond acceptors (Lipinski definition) is 4. The van der Waals surface area contributed by atoms with Crippen molar-refractivity contribution in [2.75, 3.05) is 5.73 Å². The lowest BCUT2D eigenvalue weighted by Gasteiger charge is -2.05. The zero-order chi connectivity index (χ0) is 14.8. The number of hydrogen-bond donors (Lipinski definition) is 1. The maximum Gasteiger partial charge on any atom is 0.224 e. The number of nitrogen functional groups attached to an aromatic ring is 1. The summed E-state index contributed by atoms with van der Waals surface area (Å²) < 4.78 is 26.3. The van der Waals surface area contributed by atoms with Crippen molar-refractivity contribution in [2.45, 2.75) is 0 Å². The van der Waals surface area contributed by atoms with Gasteiger partial charge in [0.2, 0.25) is 5.95 Å². The van der Waals surface area contributed by atoms with E-state index in [1.165, 1.54) is 6.07 Å². The summed E-state index contributed by atoms with van der Waals surface area (Å²) in [4.78, 5) is 12.3. The Bertz CT molecular complexity index is 791. The highest BCUT2D eigenvalue weighted by Crippen LogP contribution is 2.22. The molecule has 0 amide bonds. The third-order valence-electron chi connectivity index (χ3n) is 2.86. The van der Waals surface area contributed by atoms with Gasteiger partial charge in [-0.15, -0.1) is 0 Å².